The van der Waals surface area contributed by atoms with E-state index in [0.29, 0.717) is 18.6 Å². The molecule has 2 aromatic rings. The number of hydrogen-bond donors (Lipinski definition) is 0. The van der Waals surface area contributed by atoms with Gasteiger partial charge in [-0.05, 0) is 35.7 Å². The third-order valence-electron chi connectivity index (χ3n) is 5.70. The Labute approximate surface area is 192 Å². The van der Waals surface area contributed by atoms with Crippen LogP contribution in [0.4, 0.5) is 31.1 Å². The zero-order valence-electron chi connectivity index (χ0n) is 18.5. The number of hydroxylamine groups is 2. The van der Waals surface area contributed by atoms with Gasteiger partial charge in [-0.25, -0.2) is 9.86 Å². The minimum absolute atomic E-state index is 0.0900. The summed E-state index contributed by atoms with van der Waals surface area (Å²) < 4.78 is 84.9. The number of carbonyl (C=O) groups is 1. The van der Waals surface area contributed by atoms with Gasteiger partial charge in [0.15, 0.2) is 0 Å². The van der Waals surface area contributed by atoms with Crippen LogP contribution >= 0.6 is 0 Å². The molecule has 0 unspecified atom stereocenters. The van der Waals surface area contributed by atoms with E-state index in [4.69, 9.17) is 9.57 Å². The van der Waals surface area contributed by atoms with E-state index in [0.717, 1.165) is 10.6 Å². The average Bonchev–Trinajstić information content (AvgIpc) is 2.81. The molecule has 2 amide bonds. The van der Waals surface area contributed by atoms with E-state index in [1.165, 1.54) is 14.2 Å². The summed E-state index contributed by atoms with van der Waals surface area (Å²) in [6, 6.07) is 10.1. The SMILES string of the molecule is CON(C)C(=O)N1CC[C@H](OCc2cc(C(F)(F)F)cc(C(F)(F)F)c2)[C@H](c2ccccc2)C1. The van der Waals surface area contributed by atoms with Crippen molar-refractivity contribution in [3.05, 3.63) is 70.8 Å². The molecule has 2 atom stereocenters. The molecule has 1 heterocycles. The Hall–Kier alpha value is -2.79. The molecular weight excluding hydrogens is 466 g/mol. The highest BCUT2D eigenvalue weighted by molar-refractivity contribution is 5.73. The Bertz CT molecular complexity index is 949. The molecule has 0 aliphatic carbocycles. The fourth-order valence-corrected chi connectivity index (χ4v) is 3.91. The zero-order chi connectivity index (χ0) is 25.1. The minimum Gasteiger partial charge on any atom is -0.373 e. The number of benzene rings is 2. The zero-order valence-corrected chi connectivity index (χ0v) is 18.5. The first-order valence-corrected chi connectivity index (χ1v) is 10.4. The van der Waals surface area contributed by atoms with Crippen molar-refractivity contribution in [3.63, 3.8) is 0 Å². The molecule has 0 bridgehead atoms. The van der Waals surface area contributed by atoms with E-state index in [1.54, 1.807) is 17.0 Å². The molecule has 2 aromatic carbocycles. The third kappa shape index (κ3) is 6.20. The Balaban J connectivity index is 1.83. The molecule has 0 aromatic heterocycles. The summed E-state index contributed by atoms with van der Waals surface area (Å²) in [5.74, 6) is -0.336. The van der Waals surface area contributed by atoms with Crippen molar-refractivity contribution in [2.24, 2.45) is 0 Å². The standard InChI is InChI=1S/C23H24F6N2O3/c1-30(33-2)21(32)31-9-8-20(19(13-31)16-6-4-3-5-7-16)34-14-15-10-17(22(24,25)26)12-18(11-15)23(27,28)29/h3-7,10-12,19-20H,8-9,13-14H2,1-2H3/t19-,20-/m0/s1. The lowest BCUT2D eigenvalue weighted by atomic mass is 9.88. The van der Waals surface area contributed by atoms with Crippen molar-refractivity contribution in [1.82, 2.24) is 9.96 Å². The number of hydrogen-bond acceptors (Lipinski definition) is 3. The number of carbonyl (C=O) groups excluding carboxylic acids is 1. The number of piperidine rings is 1. The second-order valence-electron chi connectivity index (χ2n) is 7.98. The van der Waals surface area contributed by atoms with Gasteiger partial charge in [-0.3, -0.25) is 4.84 Å². The van der Waals surface area contributed by atoms with Gasteiger partial charge in [-0.2, -0.15) is 26.3 Å². The number of likely N-dealkylation sites (tertiary alicyclic amines) is 1. The Morgan fingerprint density at radius 1 is 1.03 bits per heavy atom. The molecule has 0 N–H and O–H groups in total. The van der Waals surface area contributed by atoms with Gasteiger partial charge in [-0.15, -0.1) is 0 Å². The molecule has 1 fully saturated rings. The Kier molecular flexibility index (Phi) is 7.77. The summed E-state index contributed by atoms with van der Waals surface area (Å²) >= 11 is 0. The van der Waals surface area contributed by atoms with Gasteiger partial charge in [0, 0.05) is 26.1 Å². The number of rotatable bonds is 5. The van der Waals surface area contributed by atoms with E-state index >= 15 is 0 Å². The van der Waals surface area contributed by atoms with Crippen LogP contribution in [0.15, 0.2) is 48.5 Å². The molecule has 1 saturated heterocycles. The van der Waals surface area contributed by atoms with Crippen LogP contribution in [0.3, 0.4) is 0 Å². The predicted molar refractivity (Wildman–Crippen MR) is 111 cm³/mol. The monoisotopic (exact) mass is 490 g/mol. The highest BCUT2D eigenvalue weighted by atomic mass is 19.4. The first kappa shape index (κ1) is 25.8. The average molecular weight is 490 g/mol. The summed E-state index contributed by atoms with van der Waals surface area (Å²) in [5.41, 5.74) is -2.16. The fourth-order valence-electron chi connectivity index (χ4n) is 3.91. The van der Waals surface area contributed by atoms with Crippen LogP contribution in [-0.2, 0) is 28.5 Å². The van der Waals surface area contributed by atoms with Crippen LogP contribution in [0.5, 0.6) is 0 Å². The quantitative estimate of drug-likeness (QED) is 0.398. The van der Waals surface area contributed by atoms with Gasteiger partial charge in [0.05, 0.1) is 30.9 Å². The van der Waals surface area contributed by atoms with E-state index < -0.39 is 36.2 Å². The molecular formula is C23H24F6N2O3. The van der Waals surface area contributed by atoms with Crippen LogP contribution in [0.25, 0.3) is 0 Å². The molecule has 5 nitrogen and oxygen atoms in total. The Morgan fingerprint density at radius 2 is 1.62 bits per heavy atom. The summed E-state index contributed by atoms with van der Waals surface area (Å²) in [4.78, 5) is 19.0. The number of amides is 2. The summed E-state index contributed by atoms with van der Waals surface area (Å²) in [6.07, 6.45) is -10.0. The summed E-state index contributed by atoms with van der Waals surface area (Å²) in [5, 5.41) is 1.07. The molecule has 0 spiro atoms. The van der Waals surface area contributed by atoms with Gasteiger partial charge in [0.2, 0.25) is 0 Å². The van der Waals surface area contributed by atoms with Crippen LogP contribution in [0, 0.1) is 0 Å². The summed E-state index contributed by atoms with van der Waals surface area (Å²) in [7, 11) is 2.82. The van der Waals surface area contributed by atoms with Gasteiger partial charge >= 0.3 is 18.4 Å². The molecule has 11 heteroatoms. The smallest absolute Gasteiger partial charge is 0.373 e. The lowest BCUT2D eigenvalue weighted by Crippen LogP contribution is -2.49. The number of ether oxygens (including phenoxy) is 1. The molecule has 0 radical (unpaired) electrons. The largest absolute Gasteiger partial charge is 0.416 e. The fraction of sp³-hybridized carbons (Fsp3) is 0.435. The highest BCUT2D eigenvalue weighted by Gasteiger charge is 2.38. The van der Waals surface area contributed by atoms with Crippen LogP contribution < -0.4 is 0 Å². The molecule has 0 saturated carbocycles. The number of nitrogens with zero attached hydrogens (tertiary/aromatic N) is 2. The maximum atomic E-state index is 13.2. The topological polar surface area (TPSA) is 42.0 Å². The number of halogens is 6. The van der Waals surface area contributed by atoms with Crippen LogP contribution in [0.2, 0.25) is 0 Å². The van der Waals surface area contributed by atoms with Gasteiger partial charge in [-0.1, -0.05) is 30.3 Å². The highest BCUT2D eigenvalue weighted by Crippen LogP contribution is 2.37. The normalized spacial score (nSPS) is 19.2. The van der Waals surface area contributed by atoms with Crippen LogP contribution in [0.1, 0.15) is 34.6 Å². The van der Waals surface area contributed by atoms with E-state index in [1.807, 2.05) is 18.2 Å². The van der Waals surface area contributed by atoms with Crippen molar-refractivity contribution in [2.45, 2.75) is 37.4 Å². The van der Waals surface area contributed by atoms with Crippen LogP contribution in [-0.4, -0.2) is 49.3 Å². The van der Waals surface area contributed by atoms with Gasteiger partial charge in [0.25, 0.3) is 0 Å². The lowest BCUT2D eigenvalue weighted by molar-refractivity contribution is -0.143. The number of alkyl halides is 6. The lowest BCUT2D eigenvalue weighted by Gasteiger charge is -2.39. The molecule has 186 valence electrons. The second-order valence-corrected chi connectivity index (χ2v) is 7.98. The molecule has 3 rings (SSSR count). The van der Waals surface area contributed by atoms with Crippen molar-refractivity contribution in [2.75, 3.05) is 27.2 Å². The first-order chi connectivity index (χ1) is 15.9. The van der Waals surface area contributed by atoms with Crippen molar-refractivity contribution in [3.8, 4) is 0 Å². The van der Waals surface area contributed by atoms with Crippen molar-refractivity contribution >= 4 is 6.03 Å². The van der Waals surface area contributed by atoms with Crippen molar-refractivity contribution < 1.29 is 40.7 Å². The second kappa shape index (κ2) is 10.2. The molecule has 1 aliphatic heterocycles. The van der Waals surface area contributed by atoms with Crippen molar-refractivity contribution in [1.29, 1.82) is 0 Å². The molecule has 34 heavy (non-hydrogen) atoms. The van der Waals surface area contributed by atoms with E-state index in [-0.39, 0.29) is 36.7 Å². The summed E-state index contributed by atoms with van der Waals surface area (Å²) in [6.45, 7) is 0.0987. The van der Waals surface area contributed by atoms with Gasteiger partial charge in [0.1, 0.15) is 0 Å². The third-order valence-corrected chi connectivity index (χ3v) is 5.70. The predicted octanol–water partition coefficient (Wildman–Crippen LogP) is 5.71. The first-order valence-electron chi connectivity index (χ1n) is 10.4. The molecule has 1 aliphatic rings. The Morgan fingerprint density at radius 3 is 2.15 bits per heavy atom. The maximum Gasteiger partial charge on any atom is 0.416 e. The maximum absolute atomic E-state index is 13.2. The van der Waals surface area contributed by atoms with Gasteiger partial charge < -0.3 is 9.64 Å². The minimum atomic E-state index is -4.93. The van der Waals surface area contributed by atoms with E-state index in [9.17, 15) is 31.1 Å². The van der Waals surface area contributed by atoms with E-state index in [2.05, 4.69) is 0 Å². The number of urea groups is 1.